The molecule has 0 fully saturated rings. The van der Waals surface area contributed by atoms with E-state index in [0.717, 1.165) is 34.8 Å². The van der Waals surface area contributed by atoms with Gasteiger partial charge in [0, 0.05) is 0 Å². The standard InChI is InChI=1S/C26H52N2S4Se/c1-5-9-13-17-21-27(22-18-14-10-6-2)25(29)31-33-32-26(30)28(23-19-15-11-7-3)24-20-16-12-8-4/h5-24H2,1-4H3. The molecule has 0 N–H and O–H groups in total. The van der Waals surface area contributed by atoms with E-state index in [9.17, 15) is 0 Å². The molecule has 33 heavy (non-hydrogen) atoms. The monoisotopic (exact) mass is 600 g/mol. The topological polar surface area (TPSA) is 6.48 Å². The van der Waals surface area contributed by atoms with E-state index >= 15 is 0 Å². The minimum atomic E-state index is 0.324. The fraction of sp³-hybridized carbons (Fsp3) is 0.923. The van der Waals surface area contributed by atoms with Crippen LogP contribution in [0.1, 0.15) is 130 Å². The van der Waals surface area contributed by atoms with Crippen LogP contribution in [0.2, 0.25) is 0 Å². The third kappa shape index (κ3) is 20.8. The second kappa shape index (κ2) is 26.1. The van der Waals surface area contributed by atoms with Gasteiger partial charge in [-0.05, 0) is 0 Å². The molecule has 0 aliphatic rings. The molecule has 0 saturated carbocycles. The van der Waals surface area contributed by atoms with Gasteiger partial charge in [-0.3, -0.25) is 0 Å². The molecule has 0 rings (SSSR count). The normalized spacial score (nSPS) is 11.0. The van der Waals surface area contributed by atoms with Gasteiger partial charge >= 0.3 is 233 Å². The van der Waals surface area contributed by atoms with Crippen LogP contribution < -0.4 is 0 Å². The summed E-state index contributed by atoms with van der Waals surface area (Å²) in [6.07, 6.45) is 20.9. The van der Waals surface area contributed by atoms with Gasteiger partial charge in [0.05, 0.1) is 0 Å². The third-order valence-corrected chi connectivity index (χ3v) is 14.2. The molecule has 0 saturated heterocycles. The number of nitrogens with zero attached hydrogens (tertiary/aromatic N) is 2. The Morgan fingerprint density at radius 2 is 0.758 bits per heavy atom. The van der Waals surface area contributed by atoms with Crippen LogP contribution in [-0.4, -0.2) is 57.3 Å². The van der Waals surface area contributed by atoms with E-state index in [1.54, 1.807) is 0 Å². The van der Waals surface area contributed by atoms with Crippen LogP contribution in [0.15, 0.2) is 0 Å². The zero-order valence-electron chi connectivity index (χ0n) is 22.1. The van der Waals surface area contributed by atoms with Gasteiger partial charge in [0.15, 0.2) is 0 Å². The predicted molar refractivity (Wildman–Crippen MR) is 166 cm³/mol. The fourth-order valence-corrected chi connectivity index (χ4v) is 12.0. The zero-order chi connectivity index (χ0) is 24.6. The summed E-state index contributed by atoms with van der Waals surface area (Å²) >= 11 is 12.1. The molecule has 0 aliphatic heterocycles. The van der Waals surface area contributed by atoms with Gasteiger partial charge in [-0.2, -0.15) is 0 Å². The van der Waals surface area contributed by atoms with Gasteiger partial charge in [-0.15, -0.1) is 0 Å². The molecular formula is C26H52N2S4Se. The zero-order valence-corrected chi connectivity index (χ0v) is 27.1. The Labute approximate surface area is 231 Å². The van der Waals surface area contributed by atoms with E-state index < -0.39 is 0 Å². The molecule has 0 amide bonds. The Kier molecular flexibility index (Phi) is 26.9. The first-order valence-corrected chi connectivity index (χ1v) is 20.2. The van der Waals surface area contributed by atoms with Crippen LogP contribution in [0.25, 0.3) is 0 Å². The number of unbranched alkanes of at least 4 members (excludes halogenated alkanes) is 12. The van der Waals surface area contributed by atoms with Crippen molar-refractivity contribution in [3.05, 3.63) is 0 Å². The average molecular weight is 600 g/mol. The fourth-order valence-electron chi connectivity index (χ4n) is 3.69. The first kappa shape index (κ1) is 34.0. The summed E-state index contributed by atoms with van der Waals surface area (Å²) in [4.78, 5) is 4.98. The maximum atomic E-state index is 5.88. The molecule has 0 radical (unpaired) electrons. The number of hydrogen-bond donors (Lipinski definition) is 0. The molecule has 196 valence electrons. The van der Waals surface area contributed by atoms with Crippen LogP contribution in [0.5, 0.6) is 0 Å². The summed E-state index contributed by atoms with van der Waals surface area (Å²) in [5, 5.41) is 0. The Balaban J connectivity index is 4.53. The number of thiocarbonyl (C=S) groups is 2. The number of rotatable bonds is 22. The van der Waals surface area contributed by atoms with E-state index in [4.69, 9.17) is 24.4 Å². The van der Waals surface area contributed by atoms with Crippen molar-refractivity contribution < 1.29 is 0 Å². The van der Waals surface area contributed by atoms with Gasteiger partial charge in [0.2, 0.25) is 0 Å². The van der Waals surface area contributed by atoms with Gasteiger partial charge in [-0.25, -0.2) is 0 Å². The molecule has 7 heteroatoms. The Morgan fingerprint density at radius 1 is 0.485 bits per heavy atom. The molecule has 0 unspecified atom stereocenters. The van der Waals surface area contributed by atoms with Crippen molar-refractivity contribution in [3.8, 4) is 0 Å². The van der Waals surface area contributed by atoms with E-state index in [1.807, 2.05) is 20.4 Å². The van der Waals surface area contributed by atoms with Gasteiger partial charge in [0.25, 0.3) is 0 Å². The average Bonchev–Trinajstić information content (AvgIpc) is 2.81. The van der Waals surface area contributed by atoms with Crippen molar-refractivity contribution in [3.63, 3.8) is 0 Å². The van der Waals surface area contributed by atoms with E-state index in [1.165, 1.54) is 103 Å². The molecule has 0 aromatic carbocycles. The summed E-state index contributed by atoms with van der Waals surface area (Å²) in [5.74, 6) is 0. The van der Waals surface area contributed by atoms with Crippen LogP contribution >= 0.6 is 44.8 Å². The van der Waals surface area contributed by atoms with Gasteiger partial charge in [0.1, 0.15) is 0 Å². The van der Waals surface area contributed by atoms with Crippen molar-refractivity contribution in [1.82, 2.24) is 9.80 Å². The third-order valence-electron chi connectivity index (χ3n) is 5.85. The van der Waals surface area contributed by atoms with Crippen molar-refractivity contribution in [2.24, 2.45) is 0 Å². The Morgan fingerprint density at radius 3 is 1.00 bits per heavy atom. The molecule has 0 aromatic heterocycles. The predicted octanol–water partition coefficient (Wildman–Crippen LogP) is 9.48. The van der Waals surface area contributed by atoms with Gasteiger partial charge < -0.3 is 0 Å². The van der Waals surface area contributed by atoms with Crippen LogP contribution in [-0.2, 0) is 0 Å². The van der Waals surface area contributed by atoms with Gasteiger partial charge in [-0.1, -0.05) is 0 Å². The molecule has 2 nitrogen and oxygen atoms in total. The van der Waals surface area contributed by atoms with Crippen LogP contribution in [0, 0.1) is 0 Å². The van der Waals surface area contributed by atoms with E-state index in [-0.39, 0.29) is 0 Å². The Hall–Kier alpha value is 0.999. The summed E-state index contributed by atoms with van der Waals surface area (Å²) in [5.41, 5.74) is 0. The minimum absolute atomic E-state index is 0.324. The molecule has 0 heterocycles. The molecule has 0 atom stereocenters. The van der Waals surface area contributed by atoms with Crippen molar-refractivity contribution >= 4 is 66.2 Å². The summed E-state index contributed by atoms with van der Waals surface area (Å²) in [6, 6.07) is 0. The molecule has 0 aromatic rings. The molecule has 0 spiro atoms. The molecule has 0 aliphatic carbocycles. The first-order chi connectivity index (χ1) is 16.1. The second-order valence-electron chi connectivity index (χ2n) is 8.98. The summed E-state index contributed by atoms with van der Waals surface area (Å²) in [6.45, 7) is 13.6. The van der Waals surface area contributed by atoms with E-state index in [0.29, 0.717) is 12.7 Å². The second-order valence-corrected chi connectivity index (χ2v) is 16.6. The summed E-state index contributed by atoms with van der Waals surface area (Å²) < 4.78 is 2.21. The van der Waals surface area contributed by atoms with Crippen molar-refractivity contribution in [2.45, 2.75) is 130 Å². The Bertz CT molecular complexity index is 402. The maximum absolute atomic E-state index is 5.88. The first-order valence-electron chi connectivity index (χ1n) is 13.7. The van der Waals surface area contributed by atoms with Crippen LogP contribution in [0.3, 0.4) is 0 Å². The quantitative estimate of drug-likeness (QED) is 0.0690. The van der Waals surface area contributed by atoms with Crippen molar-refractivity contribution in [1.29, 1.82) is 0 Å². The van der Waals surface area contributed by atoms with E-state index in [2.05, 4.69) is 37.5 Å². The molecular weight excluding hydrogens is 548 g/mol. The SMILES string of the molecule is CCCCCCN(CCCCCC)C(=S)S[Se]SC(=S)N(CCCCCC)CCCCCC. The summed E-state index contributed by atoms with van der Waals surface area (Å²) in [7, 11) is 3.78. The molecule has 0 bridgehead atoms. The van der Waals surface area contributed by atoms with Crippen molar-refractivity contribution in [2.75, 3.05) is 26.2 Å². The van der Waals surface area contributed by atoms with Crippen LogP contribution in [0.4, 0.5) is 0 Å². The number of hydrogen-bond acceptors (Lipinski definition) is 4.